The van der Waals surface area contributed by atoms with Gasteiger partial charge in [-0.15, -0.1) is 0 Å². The molecule has 5 nitrogen and oxygen atoms in total. The van der Waals surface area contributed by atoms with Crippen molar-refractivity contribution in [3.05, 3.63) is 12.2 Å². The summed E-state index contributed by atoms with van der Waals surface area (Å²) >= 11 is 0. The maximum absolute atomic E-state index is 12.6. The molecule has 5 heteroatoms. The van der Waals surface area contributed by atoms with Gasteiger partial charge in [-0.3, -0.25) is 9.59 Å². The summed E-state index contributed by atoms with van der Waals surface area (Å²) in [7, 11) is 0. The van der Waals surface area contributed by atoms with Crippen LogP contribution in [0, 0.1) is 23.7 Å². The summed E-state index contributed by atoms with van der Waals surface area (Å²) in [5.41, 5.74) is -0.260. The van der Waals surface area contributed by atoms with Crippen LogP contribution in [0.15, 0.2) is 12.2 Å². The lowest BCUT2D eigenvalue weighted by atomic mass is 9.81. The van der Waals surface area contributed by atoms with E-state index in [0.29, 0.717) is 13.2 Å². The minimum atomic E-state index is -0.848. The zero-order chi connectivity index (χ0) is 14.3. The molecule has 4 unspecified atom stereocenters. The molecule has 2 bridgehead atoms. The Hall–Kier alpha value is -1.36. The monoisotopic (exact) mass is 279 g/mol. The van der Waals surface area contributed by atoms with E-state index in [9.17, 15) is 14.7 Å². The van der Waals surface area contributed by atoms with Gasteiger partial charge in [-0.05, 0) is 38.0 Å². The van der Waals surface area contributed by atoms with Gasteiger partial charge < -0.3 is 15.2 Å². The molecule has 1 aliphatic heterocycles. The normalized spacial score (nSPS) is 37.9. The predicted molar refractivity (Wildman–Crippen MR) is 72.0 cm³/mol. The number of allylic oxidation sites excluding steroid dienone is 2. The molecule has 1 saturated heterocycles. The molecule has 2 aliphatic carbocycles. The first-order valence-electron chi connectivity index (χ1n) is 7.31. The minimum absolute atomic E-state index is 0.0238. The maximum atomic E-state index is 12.6. The standard InChI is InChI=1S/C15H21NO4/c1-15(4-6-20-7-5-15)16-13(17)11-9-2-3-10(8-9)12(11)14(18)19/h2-3,9-12H,4-8H2,1H3,(H,16,17)(H,18,19). The zero-order valence-electron chi connectivity index (χ0n) is 11.7. The molecule has 110 valence electrons. The summed E-state index contributed by atoms with van der Waals surface area (Å²) < 4.78 is 5.32. The number of carbonyl (C=O) groups is 2. The third-order valence-corrected chi connectivity index (χ3v) is 5.07. The molecule has 0 aromatic carbocycles. The molecule has 0 radical (unpaired) electrons. The van der Waals surface area contributed by atoms with Crippen molar-refractivity contribution in [2.24, 2.45) is 23.7 Å². The van der Waals surface area contributed by atoms with E-state index in [-0.39, 0.29) is 23.3 Å². The topological polar surface area (TPSA) is 75.6 Å². The van der Waals surface area contributed by atoms with Gasteiger partial charge in [-0.1, -0.05) is 12.2 Å². The van der Waals surface area contributed by atoms with Gasteiger partial charge >= 0.3 is 5.97 Å². The highest BCUT2D eigenvalue weighted by Gasteiger charge is 2.52. The van der Waals surface area contributed by atoms with Gasteiger partial charge in [0.2, 0.25) is 5.91 Å². The van der Waals surface area contributed by atoms with Crippen LogP contribution in [0.1, 0.15) is 26.2 Å². The van der Waals surface area contributed by atoms with Gasteiger partial charge in [0.1, 0.15) is 0 Å². The molecule has 0 aromatic heterocycles. The largest absolute Gasteiger partial charge is 0.481 e. The molecule has 0 spiro atoms. The molecular weight excluding hydrogens is 258 g/mol. The fourth-order valence-electron chi connectivity index (χ4n) is 3.84. The highest BCUT2D eigenvalue weighted by atomic mass is 16.5. The second-order valence-electron chi connectivity index (χ2n) is 6.50. The lowest BCUT2D eigenvalue weighted by Gasteiger charge is -2.36. The second-order valence-corrected chi connectivity index (χ2v) is 6.50. The molecule has 1 amide bonds. The van der Waals surface area contributed by atoms with E-state index in [1.165, 1.54) is 0 Å². The van der Waals surface area contributed by atoms with Gasteiger partial charge in [0.25, 0.3) is 0 Å². The van der Waals surface area contributed by atoms with Crippen molar-refractivity contribution < 1.29 is 19.4 Å². The van der Waals surface area contributed by atoms with Crippen LogP contribution >= 0.6 is 0 Å². The number of aliphatic carboxylic acids is 1. The summed E-state index contributed by atoms with van der Waals surface area (Å²) in [6.07, 6.45) is 6.35. The summed E-state index contributed by atoms with van der Waals surface area (Å²) in [5, 5.41) is 12.5. The van der Waals surface area contributed by atoms with Crippen LogP contribution in [0.5, 0.6) is 0 Å². The van der Waals surface area contributed by atoms with E-state index in [1.54, 1.807) is 0 Å². The number of hydrogen-bond donors (Lipinski definition) is 2. The number of carboxylic acids is 1. The van der Waals surface area contributed by atoms with E-state index < -0.39 is 17.8 Å². The van der Waals surface area contributed by atoms with Crippen molar-refractivity contribution in [1.29, 1.82) is 0 Å². The summed E-state index contributed by atoms with van der Waals surface area (Å²) in [4.78, 5) is 24.0. The van der Waals surface area contributed by atoms with Crippen LogP contribution in [0.3, 0.4) is 0 Å². The molecule has 0 aromatic rings. The predicted octanol–water partition coefficient (Wildman–Crippen LogP) is 1.19. The third kappa shape index (κ3) is 2.24. The number of fused-ring (bicyclic) bond motifs is 2. The molecule has 2 fully saturated rings. The molecule has 1 saturated carbocycles. The van der Waals surface area contributed by atoms with E-state index in [0.717, 1.165) is 19.3 Å². The molecule has 20 heavy (non-hydrogen) atoms. The lowest BCUT2D eigenvalue weighted by molar-refractivity contribution is -0.148. The van der Waals surface area contributed by atoms with Crippen LogP contribution in [0.4, 0.5) is 0 Å². The van der Waals surface area contributed by atoms with Crippen molar-refractivity contribution in [3.8, 4) is 0 Å². The quantitative estimate of drug-likeness (QED) is 0.761. The van der Waals surface area contributed by atoms with Gasteiger partial charge in [0.05, 0.1) is 11.8 Å². The Bertz CT molecular complexity index is 453. The van der Waals surface area contributed by atoms with Gasteiger partial charge in [0.15, 0.2) is 0 Å². The Morgan fingerprint density at radius 1 is 1.20 bits per heavy atom. The van der Waals surface area contributed by atoms with E-state index in [1.807, 2.05) is 19.1 Å². The molecule has 3 aliphatic rings. The van der Waals surface area contributed by atoms with E-state index >= 15 is 0 Å². The number of nitrogens with one attached hydrogen (secondary N) is 1. The Kier molecular flexibility index (Phi) is 3.32. The molecule has 2 N–H and O–H groups in total. The van der Waals surface area contributed by atoms with E-state index in [4.69, 9.17) is 4.74 Å². The number of amides is 1. The fourth-order valence-corrected chi connectivity index (χ4v) is 3.84. The summed E-state index contributed by atoms with van der Waals surface area (Å²) in [6.45, 7) is 3.32. The van der Waals surface area contributed by atoms with Crippen LogP contribution in [-0.2, 0) is 14.3 Å². The lowest BCUT2D eigenvalue weighted by Crippen LogP contribution is -2.53. The Labute approximate surface area is 118 Å². The highest BCUT2D eigenvalue weighted by molar-refractivity contribution is 5.87. The van der Waals surface area contributed by atoms with Crippen LogP contribution < -0.4 is 5.32 Å². The number of hydrogen-bond acceptors (Lipinski definition) is 3. The van der Waals surface area contributed by atoms with Crippen molar-refractivity contribution in [2.75, 3.05) is 13.2 Å². The first-order chi connectivity index (χ1) is 9.50. The van der Waals surface area contributed by atoms with Crippen molar-refractivity contribution in [3.63, 3.8) is 0 Å². The molecule has 4 atom stereocenters. The Balaban J connectivity index is 1.73. The van der Waals surface area contributed by atoms with Crippen molar-refractivity contribution in [2.45, 2.75) is 31.7 Å². The number of rotatable bonds is 3. The summed E-state index contributed by atoms with van der Waals surface area (Å²) in [5.74, 6) is -1.81. The number of carbonyl (C=O) groups excluding carboxylic acids is 1. The minimum Gasteiger partial charge on any atom is -0.481 e. The zero-order valence-corrected chi connectivity index (χ0v) is 11.7. The second kappa shape index (κ2) is 4.88. The smallest absolute Gasteiger partial charge is 0.307 e. The van der Waals surface area contributed by atoms with Crippen LogP contribution in [0.2, 0.25) is 0 Å². The first-order valence-corrected chi connectivity index (χ1v) is 7.31. The summed E-state index contributed by atoms with van der Waals surface area (Å²) in [6, 6.07) is 0. The highest BCUT2D eigenvalue weighted by Crippen LogP contribution is 2.48. The van der Waals surface area contributed by atoms with Gasteiger partial charge in [-0.2, -0.15) is 0 Å². The number of ether oxygens (including phenoxy) is 1. The third-order valence-electron chi connectivity index (χ3n) is 5.07. The van der Waals surface area contributed by atoms with Gasteiger partial charge in [0, 0.05) is 18.8 Å². The molecule has 3 rings (SSSR count). The average molecular weight is 279 g/mol. The average Bonchev–Trinajstić information content (AvgIpc) is 2.98. The fraction of sp³-hybridized carbons (Fsp3) is 0.733. The van der Waals surface area contributed by atoms with Crippen LogP contribution in [0.25, 0.3) is 0 Å². The molecular formula is C15H21NO4. The first kappa shape index (κ1) is 13.6. The SMILES string of the molecule is CC1(NC(=O)C2C3C=CC(C3)C2C(=O)O)CCOCC1. The Morgan fingerprint density at radius 3 is 2.40 bits per heavy atom. The van der Waals surface area contributed by atoms with Gasteiger partial charge in [-0.25, -0.2) is 0 Å². The maximum Gasteiger partial charge on any atom is 0.307 e. The Morgan fingerprint density at radius 2 is 1.80 bits per heavy atom. The van der Waals surface area contributed by atoms with Crippen LogP contribution in [-0.4, -0.2) is 35.7 Å². The number of carboxylic acid groups (broad SMARTS) is 1. The van der Waals surface area contributed by atoms with Crippen molar-refractivity contribution in [1.82, 2.24) is 5.32 Å². The molecule has 1 heterocycles. The van der Waals surface area contributed by atoms with Crippen molar-refractivity contribution >= 4 is 11.9 Å². The van der Waals surface area contributed by atoms with E-state index in [2.05, 4.69) is 5.32 Å².